The molecule has 1 aliphatic carbocycles. The summed E-state index contributed by atoms with van der Waals surface area (Å²) in [6.07, 6.45) is 5.98. The van der Waals surface area contributed by atoms with E-state index in [4.69, 9.17) is 4.74 Å². The molecular formula is C40H49N3O3. The summed E-state index contributed by atoms with van der Waals surface area (Å²) in [6.45, 7) is 16.2. The predicted molar refractivity (Wildman–Crippen MR) is 187 cm³/mol. The van der Waals surface area contributed by atoms with E-state index in [0.717, 1.165) is 61.5 Å². The molecule has 0 spiro atoms. The number of hydrogen-bond donors (Lipinski definition) is 1. The highest BCUT2D eigenvalue weighted by Gasteiger charge is 2.36. The van der Waals surface area contributed by atoms with Crippen molar-refractivity contribution in [3.05, 3.63) is 88.0 Å². The molecule has 3 aliphatic rings. The lowest BCUT2D eigenvalue weighted by molar-refractivity contribution is -0.117. The van der Waals surface area contributed by atoms with Crippen molar-refractivity contribution < 1.29 is 14.3 Å². The summed E-state index contributed by atoms with van der Waals surface area (Å²) in [5, 5.41) is 3.02. The van der Waals surface area contributed by atoms with Crippen molar-refractivity contribution in [3.8, 4) is 22.6 Å². The molecule has 2 atom stereocenters. The molecule has 0 radical (unpaired) electrons. The Balaban J connectivity index is 1.32. The van der Waals surface area contributed by atoms with Crippen LogP contribution >= 0.6 is 0 Å². The Morgan fingerprint density at radius 1 is 1.02 bits per heavy atom. The quantitative estimate of drug-likeness (QED) is 0.114. The Morgan fingerprint density at radius 2 is 1.80 bits per heavy atom. The number of fused-ring (bicyclic) bond motifs is 3. The van der Waals surface area contributed by atoms with Gasteiger partial charge in [-0.3, -0.25) is 9.59 Å². The maximum absolute atomic E-state index is 14.0. The van der Waals surface area contributed by atoms with Gasteiger partial charge in [0, 0.05) is 42.2 Å². The van der Waals surface area contributed by atoms with Gasteiger partial charge in [-0.05, 0) is 118 Å². The predicted octanol–water partition coefficient (Wildman–Crippen LogP) is 7.98. The van der Waals surface area contributed by atoms with Crippen molar-refractivity contribution >= 4 is 17.4 Å². The number of ether oxygens (including phenoxy) is 1. The average Bonchev–Trinajstić information content (AvgIpc) is 3.71. The maximum Gasteiger partial charge on any atom is 0.254 e. The Bertz CT molecular complexity index is 1700. The molecule has 6 heteroatoms. The minimum absolute atomic E-state index is 0.154. The second-order valence-electron chi connectivity index (χ2n) is 14.2. The smallest absolute Gasteiger partial charge is 0.254 e. The molecular weight excluding hydrogens is 570 g/mol. The van der Waals surface area contributed by atoms with Gasteiger partial charge in [-0.1, -0.05) is 51.1 Å². The fourth-order valence-electron chi connectivity index (χ4n) is 7.81. The molecule has 2 fully saturated rings. The number of carbonyl (C=O) groups excluding carboxylic acids is 2. The molecule has 3 aromatic rings. The SMILES string of the molecule is C/C=C(/C(=O)NCCC1CCCN1C)C(=O)c1ccc(N2CCC(C)C2)c(Oc2cc3c(cc2C)-c2ccccc2C3(C)C)c1C. The minimum Gasteiger partial charge on any atom is -0.455 e. The number of Topliss-reactive ketones (excluding diaryl/α,β-unsaturated/α-hetero) is 1. The number of amides is 1. The van der Waals surface area contributed by atoms with E-state index in [1.165, 1.54) is 28.7 Å². The largest absolute Gasteiger partial charge is 0.455 e. The van der Waals surface area contributed by atoms with Crippen LogP contribution in [0.25, 0.3) is 11.1 Å². The van der Waals surface area contributed by atoms with E-state index in [1.807, 2.05) is 19.1 Å². The van der Waals surface area contributed by atoms with Crippen LogP contribution in [0.5, 0.6) is 11.5 Å². The third kappa shape index (κ3) is 5.77. The molecule has 0 saturated carbocycles. The zero-order chi connectivity index (χ0) is 32.7. The zero-order valence-corrected chi connectivity index (χ0v) is 28.6. The monoisotopic (exact) mass is 619 g/mol. The molecule has 242 valence electrons. The number of rotatable bonds is 9. The normalized spacial score (nSPS) is 20.5. The van der Waals surface area contributed by atoms with Crippen LogP contribution in [0.3, 0.4) is 0 Å². The van der Waals surface area contributed by atoms with E-state index in [2.05, 4.69) is 86.3 Å². The van der Waals surface area contributed by atoms with E-state index in [1.54, 1.807) is 13.0 Å². The number of anilines is 1. The highest BCUT2D eigenvalue weighted by atomic mass is 16.5. The lowest BCUT2D eigenvalue weighted by Crippen LogP contribution is -2.34. The van der Waals surface area contributed by atoms with Crippen molar-refractivity contribution in [2.75, 3.05) is 38.1 Å². The van der Waals surface area contributed by atoms with E-state index in [-0.39, 0.29) is 22.7 Å². The highest BCUT2D eigenvalue weighted by molar-refractivity contribution is 6.26. The van der Waals surface area contributed by atoms with Gasteiger partial charge in [0.25, 0.3) is 5.91 Å². The Labute approximate surface area is 274 Å². The van der Waals surface area contributed by atoms with Crippen LogP contribution in [-0.4, -0.2) is 55.9 Å². The number of benzene rings is 3. The number of nitrogens with one attached hydrogen (secondary N) is 1. The number of allylic oxidation sites excluding steroid dienone is 1. The third-order valence-corrected chi connectivity index (χ3v) is 10.7. The molecule has 0 bridgehead atoms. The number of aryl methyl sites for hydroxylation is 1. The molecule has 2 saturated heterocycles. The molecule has 1 N–H and O–H groups in total. The topological polar surface area (TPSA) is 61.9 Å². The van der Waals surface area contributed by atoms with Gasteiger partial charge in [0.1, 0.15) is 5.75 Å². The summed E-state index contributed by atoms with van der Waals surface area (Å²) in [7, 11) is 2.14. The van der Waals surface area contributed by atoms with Gasteiger partial charge in [0.15, 0.2) is 11.5 Å². The van der Waals surface area contributed by atoms with Gasteiger partial charge in [-0.2, -0.15) is 0 Å². The molecule has 6 nitrogen and oxygen atoms in total. The summed E-state index contributed by atoms with van der Waals surface area (Å²) in [6, 6.07) is 17.4. The van der Waals surface area contributed by atoms with Crippen LogP contribution in [0.1, 0.15) is 86.0 Å². The van der Waals surface area contributed by atoms with Crippen LogP contribution in [0.4, 0.5) is 5.69 Å². The van der Waals surface area contributed by atoms with E-state index >= 15 is 0 Å². The van der Waals surface area contributed by atoms with Crippen molar-refractivity contribution in [1.29, 1.82) is 0 Å². The second kappa shape index (κ2) is 12.7. The second-order valence-corrected chi connectivity index (χ2v) is 14.2. The summed E-state index contributed by atoms with van der Waals surface area (Å²) >= 11 is 0. The molecule has 2 heterocycles. The fourth-order valence-corrected chi connectivity index (χ4v) is 7.81. The molecule has 2 unspecified atom stereocenters. The molecule has 46 heavy (non-hydrogen) atoms. The van der Waals surface area contributed by atoms with E-state index in [0.29, 0.717) is 29.8 Å². The van der Waals surface area contributed by atoms with Crippen molar-refractivity contribution in [1.82, 2.24) is 10.2 Å². The van der Waals surface area contributed by atoms with Gasteiger partial charge in [-0.15, -0.1) is 0 Å². The van der Waals surface area contributed by atoms with Gasteiger partial charge in [-0.25, -0.2) is 0 Å². The summed E-state index contributed by atoms with van der Waals surface area (Å²) in [5.74, 6) is 1.48. The first-order valence-electron chi connectivity index (χ1n) is 17.0. The Hall–Kier alpha value is -3.90. The van der Waals surface area contributed by atoms with Crippen molar-refractivity contribution in [2.24, 2.45) is 5.92 Å². The highest BCUT2D eigenvalue weighted by Crippen LogP contribution is 2.51. The molecule has 2 aliphatic heterocycles. The molecule has 0 aromatic heterocycles. The van der Waals surface area contributed by atoms with Crippen molar-refractivity contribution in [3.63, 3.8) is 0 Å². The van der Waals surface area contributed by atoms with E-state index < -0.39 is 0 Å². The first-order chi connectivity index (χ1) is 22.0. The third-order valence-electron chi connectivity index (χ3n) is 10.7. The number of ketones is 1. The summed E-state index contributed by atoms with van der Waals surface area (Å²) in [4.78, 5) is 32.0. The van der Waals surface area contributed by atoms with Crippen LogP contribution in [-0.2, 0) is 10.2 Å². The van der Waals surface area contributed by atoms with Crippen LogP contribution in [0.15, 0.2) is 60.2 Å². The number of carbonyl (C=O) groups is 2. The first kappa shape index (κ1) is 32.1. The maximum atomic E-state index is 14.0. The van der Waals surface area contributed by atoms with Crippen LogP contribution in [0.2, 0.25) is 0 Å². The summed E-state index contributed by atoms with van der Waals surface area (Å²) < 4.78 is 6.91. The zero-order valence-electron chi connectivity index (χ0n) is 28.6. The lowest BCUT2D eigenvalue weighted by atomic mass is 9.82. The van der Waals surface area contributed by atoms with Gasteiger partial charge in [0.2, 0.25) is 0 Å². The Kier molecular flexibility index (Phi) is 8.86. The van der Waals surface area contributed by atoms with Gasteiger partial charge in [0.05, 0.1) is 11.3 Å². The minimum atomic E-state index is -0.316. The number of hydrogen-bond acceptors (Lipinski definition) is 5. The number of nitrogens with zero attached hydrogens (tertiary/aromatic N) is 2. The Morgan fingerprint density at radius 3 is 2.50 bits per heavy atom. The average molecular weight is 620 g/mol. The first-order valence-corrected chi connectivity index (χ1v) is 17.0. The van der Waals surface area contributed by atoms with Gasteiger partial charge >= 0.3 is 0 Å². The van der Waals surface area contributed by atoms with Gasteiger partial charge < -0.3 is 19.9 Å². The van der Waals surface area contributed by atoms with Crippen molar-refractivity contribution in [2.45, 2.75) is 78.7 Å². The summed E-state index contributed by atoms with van der Waals surface area (Å²) in [5.41, 5.74) is 8.40. The molecule has 3 aromatic carbocycles. The fraction of sp³-hybridized carbons (Fsp3) is 0.450. The van der Waals surface area contributed by atoms with Crippen LogP contribution in [0, 0.1) is 19.8 Å². The lowest BCUT2D eigenvalue weighted by Gasteiger charge is -2.26. The number of likely N-dealkylation sites (tertiary alicyclic amines) is 1. The van der Waals surface area contributed by atoms with Crippen LogP contribution < -0.4 is 15.0 Å². The van der Waals surface area contributed by atoms with E-state index in [9.17, 15) is 9.59 Å². The standard InChI is InChI=1S/C40H49N3O3/c1-8-29(39(45)41-19-17-28-12-11-20-42(28)7)37(44)30-15-16-35(43-21-18-25(2)24-43)38(27(30)4)46-36-23-34-32(22-26(36)3)31-13-9-10-14-33(31)40(34,5)6/h8-10,13-16,22-23,25,28H,11-12,17-21,24H2,1-7H3,(H,41,45)/b29-8+. The molecule has 6 rings (SSSR count). The molecule has 1 amide bonds.